The SMILES string of the molecule is CCCCc1ccc(NC(=O)COC(=O)Cn2nnc(-c3ccsc3)n2)cc1. The van der Waals surface area contributed by atoms with Gasteiger partial charge in [0, 0.05) is 16.6 Å². The highest BCUT2D eigenvalue weighted by Gasteiger charge is 2.12. The molecule has 0 radical (unpaired) electrons. The maximum Gasteiger partial charge on any atom is 0.330 e. The van der Waals surface area contributed by atoms with E-state index in [0.717, 1.165) is 29.6 Å². The highest BCUT2D eigenvalue weighted by atomic mass is 32.1. The molecule has 3 rings (SSSR count). The summed E-state index contributed by atoms with van der Waals surface area (Å²) in [5.41, 5.74) is 2.73. The van der Waals surface area contributed by atoms with Crippen molar-refractivity contribution in [2.24, 2.45) is 0 Å². The van der Waals surface area contributed by atoms with Crippen LogP contribution in [0.15, 0.2) is 41.1 Å². The molecular formula is C19H21N5O3S. The molecule has 0 aliphatic heterocycles. The monoisotopic (exact) mass is 399 g/mol. The molecule has 0 saturated carbocycles. The van der Waals surface area contributed by atoms with E-state index in [9.17, 15) is 9.59 Å². The van der Waals surface area contributed by atoms with Crippen molar-refractivity contribution in [3.8, 4) is 11.4 Å². The van der Waals surface area contributed by atoms with Crippen molar-refractivity contribution in [1.82, 2.24) is 20.2 Å². The first kappa shape index (κ1) is 19.7. The standard InChI is InChI=1S/C19H21N5O3S/c1-2-3-4-14-5-7-16(8-6-14)20-17(25)12-27-18(26)11-24-22-19(21-23-24)15-9-10-28-13-15/h5-10,13H,2-4,11-12H2,1H3,(H,20,25). The van der Waals surface area contributed by atoms with Crippen LogP contribution in [0.1, 0.15) is 25.3 Å². The Labute approximate surface area is 166 Å². The molecule has 9 heteroatoms. The number of amides is 1. The summed E-state index contributed by atoms with van der Waals surface area (Å²) in [7, 11) is 0. The van der Waals surface area contributed by atoms with Crippen LogP contribution < -0.4 is 5.32 Å². The van der Waals surface area contributed by atoms with Crippen molar-refractivity contribution in [3.63, 3.8) is 0 Å². The fraction of sp³-hybridized carbons (Fsp3) is 0.316. The fourth-order valence-electron chi connectivity index (χ4n) is 2.46. The Morgan fingerprint density at radius 1 is 1.21 bits per heavy atom. The molecule has 0 atom stereocenters. The highest BCUT2D eigenvalue weighted by molar-refractivity contribution is 7.08. The Morgan fingerprint density at radius 3 is 2.75 bits per heavy atom. The Hall–Kier alpha value is -3.07. The number of tetrazole rings is 1. The number of aryl methyl sites for hydroxylation is 1. The van der Waals surface area contributed by atoms with E-state index >= 15 is 0 Å². The number of hydrogen-bond donors (Lipinski definition) is 1. The number of esters is 1. The molecule has 0 saturated heterocycles. The minimum atomic E-state index is -0.612. The molecule has 0 fully saturated rings. The molecule has 146 valence electrons. The summed E-state index contributed by atoms with van der Waals surface area (Å²) in [5, 5.41) is 18.3. The first-order valence-electron chi connectivity index (χ1n) is 8.99. The van der Waals surface area contributed by atoms with Gasteiger partial charge in [-0.15, -0.1) is 10.2 Å². The smallest absolute Gasteiger partial charge is 0.330 e. The number of carbonyl (C=O) groups is 2. The van der Waals surface area contributed by atoms with E-state index in [-0.39, 0.29) is 13.2 Å². The second-order valence-electron chi connectivity index (χ2n) is 6.16. The van der Waals surface area contributed by atoms with Crippen molar-refractivity contribution in [2.45, 2.75) is 32.7 Å². The molecule has 0 aliphatic carbocycles. The van der Waals surface area contributed by atoms with Gasteiger partial charge in [0.15, 0.2) is 13.2 Å². The number of aromatic nitrogens is 4. The zero-order valence-corrected chi connectivity index (χ0v) is 16.3. The molecule has 8 nitrogen and oxygen atoms in total. The number of benzene rings is 1. The average molecular weight is 399 g/mol. The Bertz CT molecular complexity index is 906. The highest BCUT2D eigenvalue weighted by Crippen LogP contribution is 2.16. The molecule has 0 spiro atoms. The maximum atomic E-state index is 11.9. The van der Waals surface area contributed by atoms with Gasteiger partial charge in [-0.3, -0.25) is 4.79 Å². The number of hydrogen-bond acceptors (Lipinski definition) is 7. The van der Waals surface area contributed by atoms with Crippen molar-refractivity contribution in [1.29, 1.82) is 0 Å². The minimum Gasteiger partial charge on any atom is -0.454 e. The number of nitrogens with one attached hydrogen (secondary N) is 1. The topological polar surface area (TPSA) is 99.0 Å². The molecule has 1 amide bonds. The number of nitrogens with zero attached hydrogens (tertiary/aromatic N) is 4. The van der Waals surface area contributed by atoms with Gasteiger partial charge in [0.05, 0.1) is 0 Å². The van der Waals surface area contributed by atoms with Gasteiger partial charge in [-0.05, 0) is 47.2 Å². The molecule has 2 heterocycles. The van der Waals surface area contributed by atoms with Crippen molar-refractivity contribution in [3.05, 3.63) is 46.7 Å². The number of ether oxygens (including phenoxy) is 1. The lowest BCUT2D eigenvalue weighted by Crippen LogP contribution is -2.23. The van der Waals surface area contributed by atoms with Gasteiger partial charge in [-0.1, -0.05) is 25.5 Å². The van der Waals surface area contributed by atoms with Crippen LogP contribution in [0.4, 0.5) is 5.69 Å². The van der Waals surface area contributed by atoms with E-state index in [2.05, 4.69) is 27.7 Å². The summed E-state index contributed by atoms with van der Waals surface area (Å²) in [6, 6.07) is 9.52. The van der Waals surface area contributed by atoms with Crippen LogP contribution in [-0.4, -0.2) is 38.7 Å². The van der Waals surface area contributed by atoms with Crippen molar-refractivity contribution < 1.29 is 14.3 Å². The third-order valence-electron chi connectivity index (χ3n) is 3.92. The fourth-order valence-corrected chi connectivity index (χ4v) is 3.09. The number of rotatable bonds is 9. The summed E-state index contributed by atoms with van der Waals surface area (Å²) < 4.78 is 4.98. The lowest BCUT2D eigenvalue weighted by atomic mass is 10.1. The molecule has 0 unspecified atom stereocenters. The Kier molecular flexibility index (Phi) is 6.85. The zero-order chi connectivity index (χ0) is 19.8. The molecule has 0 aliphatic rings. The Morgan fingerprint density at radius 2 is 2.04 bits per heavy atom. The molecule has 28 heavy (non-hydrogen) atoms. The number of thiophene rings is 1. The second-order valence-corrected chi connectivity index (χ2v) is 6.94. The predicted octanol–water partition coefficient (Wildman–Crippen LogP) is 2.93. The van der Waals surface area contributed by atoms with Gasteiger partial charge in [-0.2, -0.15) is 16.1 Å². The van der Waals surface area contributed by atoms with Crippen LogP contribution in [0.3, 0.4) is 0 Å². The number of carbonyl (C=O) groups excluding carboxylic acids is 2. The molecule has 2 aromatic heterocycles. The molecule has 1 aromatic carbocycles. The van der Waals surface area contributed by atoms with Gasteiger partial charge in [0.25, 0.3) is 5.91 Å². The summed E-state index contributed by atoms with van der Waals surface area (Å²) in [4.78, 5) is 25.0. The van der Waals surface area contributed by atoms with Crippen molar-refractivity contribution in [2.75, 3.05) is 11.9 Å². The van der Waals surface area contributed by atoms with E-state index in [1.165, 1.54) is 16.9 Å². The first-order valence-corrected chi connectivity index (χ1v) is 9.93. The maximum absolute atomic E-state index is 11.9. The Balaban J connectivity index is 1.42. The van der Waals surface area contributed by atoms with Crippen LogP contribution in [0.5, 0.6) is 0 Å². The molecule has 1 N–H and O–H groups in total. The van der Waals surface area contributed by atoms with Crippen LogP contribution in [-0.2, 0) is 27.3 Å². The largest absolute Gasteiger partial charge is 0.454 e. The van der Waals surface area contributed by atoms with Gasteiger partial charge >= 0.3 is 5.97 Å². The third kappa shape index (κ3) is 5.71. The van der Waals surface area contributed by atoms with Crippen LogP contribution in [0.25, 0.3) is 11.4 Å². The van der Waals surface area contributed by atoms with Crippen LogP contribution in [0.2, 0.25) is 0 Å². The minimum absolute atomic E-state index is 0.212. The summed E-state index contributed by atoms with van der Waals surface area (Å²) in [5.74, 6) is -0.575. The van der Waals surface area contributed by atoms with E-state index in [1.807, 2.05) is 41.1 Å². The van der Waals surface area contributed by atoms with Gasteiger partial charge in [0.2, 0.25) is 5.82 Å². The van der Waals surface area contributed by atoms with E-state index in [4.69, 9.17) is 4.74 Å². The normalized spacial score (nSPS) is 10.6. The number of unbranched alkanes of at least 4 members (excludes halogenated alkanes) is 1. The number of anilines is 1. The summed E-state index contributed by atoms with van der Waals surface area (Å²) in [6.07, 6.45) is 3.30. The third-order valence-corrected chi connectivity index (χ3v) is 4.61. The lowest BCUT2D eigenvalue weighted by molar-refractivity contribution is -0.148. The first-order chi connectivity index (χ1) is 13.6. The van der Waals surface area contributed by atoms with Gasteiger partial charge in [-0.25, -0.2) is 4.79 Å². The van der Waals surface area contributed by atoms with Crippen LogP contribution >= 0.6 is 11.3 Å². The predicted molar refractivity (Wildman–Crippen MR) is 106 cm³/mol. The zero-order valence-electron chi connectivity index (χ0n) is 15.5. The van der Waals surface area contributed by atoms with E-state index in [0.29, 0.717) is 11.5 Å². The summed E-state index contributed by atoms with van der Waals surface area (Å²) >= 11 is 1.52. The average Bonchev–Trinajstić information content (AvgIpc) is 3.37. The van der Waals surface area contributed by atoms with Gasteiger partial charge < -0.3 is 10.1 Å². The van der Waals surface area contributed by atoms with E-state index < -0.39 is 11.9 Å². The van der Waals surface area contributed by atoms with E-state index in [1.54, 1.807) is 0 Å². The lowest BCUT2D eigenvalue weighted by Gasteiger charge is -2.07. The summed E-state index contributed by atoms with van der Waals surface area (Å²) in [6.45, 7) is 1.57. The van der Waals surface area contributed by atoms with Crippen LogP contribution in [0, 0.1) is 0 Å². The quantitative estimate of drug-likeness (QED) is 0.556. The van der Waals surface area contributed by atoms with Gasteiger partial charge in [0.1, 0.15) is 0 Å². The second kappa shape index (κ2) is 9.75. The molecular weight excluding hydrogens is 378 g/mol. The molecule has 3 aromatic rings. The van der Waals surface area contributed by atoms with Crippen molar-refractivity contribution >= 4 is 28.9 Å². The molecule has 0 bridgehead atoms.